The van der Waals surface area contributed by atoms with Crippen LogP contribution in [0.2, 0.25) is 0 Å². The minimum absolute atomic E-state index is 0.431. The zero-order valence-corrected chi connectivity index (χ0v) is 17.0. The molecule has 3 nitrogen and oxygen atoms in total. The molecule has 0 aliphatic heterocycles. The summed E-state index contributed by atoms with van der Waals surface area (Å²) in [5.74, 6) is 1.58. The first-order valence-corrected chi connectivity index (χ1v) is 10.5. The van der Waals surface area contributed by atoms with E-state index >= 15 is 0 Å². The Labute approximate surface area is 175 Å². The van der Waals surface area contributed by atoms with Gasteiger partial charge in [0.2, 0.25) is 0 Å². The van der Waals surface area contributed by atoms with Crippen LogP contribution in [-0.4, -0.2) is 0 Å². The lowest BCUT2D eigenvalue weighted by atomic mass is 9.81. The van der Waals surface area contributed by atoms with E-state index in [9.17, 15) is 0 Å². The fraction of sp³-hybridized carbons (Fsp3) is 0.185. The molecule has 1 aliphatic carbocycles. The molecule has 150 valence electrons. The van der Waals surface area contributed by atoms with Crippen LogP contribution in [0.3, 0.4) is 0 Å². The highest BCUT2D eigenvalue weighted by Crippen LogP contribution is 2.37. The van der Waals surface area contributed by atoms with E-state index in [4.69, 9.17) is 13.6 Å². The lowest BCUT2D eigenvalue weighted by Crippen LogP contribution is -2.07. The summed E-state index contributed by atoms with van der Waals surface area (Å²) in [6, 6.07) is 24.9. The van der Waals surface area contributed by atoms with Crippen LogP contribution in [-0.2, 0) is 6.42 Å². The number of ether oxygens (including phenoxy) is 1. The molecular formula is C27H24O3. The molecule has 30 heavy (non-hydrogen) atoms. The van der Waals surface area contributed by atoms with E-state index in [1.54, 1.807) is 35.4 Å². The maximum Gasteiger partial charge on any atom is 0.292 e. The summed E-state index contributed by atoms with van der Waals surface area (Å²) in [6.45, 7) is 2.37. The van der Waals surface area contributed by atoms with Crippen molar-refractivity contribution in [1.29, 1.82) is 0 Å². The standard InChI is InChI=1S/C19H18.C8H6O3/c1-13-5-4-8-17-15(13)11-12-18-16-7-3-2-6-14(16)9-10-19(17)18;1-3-7(9-5-1)11-8-4-2-6-10-8/h2-3,6-7,9-13H,4-5,8H2,1H3;1-6H. The lowest BCUT2D eigenvalue weighted by Gasteiger charge is -2.24. The Hall–Kier alpha value is -3.46. The molecule has 0 saturated heterocycles. The first kappa shape index (κ1) is 18.6. The predicted molar refractivity (Wildman–Crippen MR) is 120 cm³/mol. The molecule has 0 spiro atoms. The second kappa shape index (κ2) is 8.11. The van der Waals surface area contributed by atoms with Gasteiger partial charge in [-0.1, -0.05) is 55.5 Å². The van der Waals surface area contributed by atoms with E-state index in [-0.39, 0.29) is 0 Å². The summed E-state index contributed by atoms with van der Waals surface area (Å²) in [5.41, 5.74) is 3.18. The summed E-state index contributed by atoms with van der Waals surface area (Å²) in [5, 5.41) is 5.63. The lowest BCUT2D eigenvalue weighted by molar-refractivity contribution is 0.280. The zero-order valence-electron chi connectivity index (χ0n) is 17.0. The van der Waals surface area contributed by atoms with Gasteiger partial charge in [0.1, 0.15) is 0 Å². The quantitative estimate of drug-likeness (QED) is 0.283. The van der Waals surface area contributed by atoms with Crippen LogP contribution in [0.25, 0.3) is 21.5 Å². The minimum Gasteiger partial charge on any atom is -0.434 e. The number of aryl methyl sites for hydroxylation is 1. The molecule has 6 rings (SSSR count). The molecule has 3 aromatic carbocycles. The third-order valence-corrected chi connectivity index (χ3v) is 5.86. The van der Waals surface area contributed by atoms with Crippen molar-refractivity contribution < 1.29 is 13.6 Å². The predicted octanol–water partition coefficient (Wildman–Crippen LogP) is 8.10. The van der Waals surface area contributed by atoms with E-state index in [2.05, 4.69) is 55.5 Å². The van der Waals surface area contributed by atoms with Gasteiger partial charge >= 0.3 is 0 Å². The monoisotopic (exact) mass is 396 g/mol. The Balaban J connectivity index is 0.000000149. The van der Waals surface area contributed by atoms with Crippen LogP contribution in [0.5, 0.6) is 11.9 Å². The molecule has 2 aromatic heterocycles. The number of rotatable bonds is 2. The van der Waals surface area contributed by atoms with Crippen LogP contribution < -0.4 is 4.74 Å². The molecule has 0 amide bonds. The number of fused-ring (bicyclic) bond motifs is 5. The Morgan fingerprint density at radius 3 is 2.20 bits per heavy atom. The molecule has 2 heterocycles. The number of hydrogen-bond donors (Lipinski definition) is 0. The van der Waals surface area contributed by atoms with Crippen molar-refractivity contribution in [2.75, 3.05) is 0 Å². The van der Waals surface area contributed by atoms with Gasteiger partial charge in [0.15, 0.2) is 0 Å². The number of hydrogen-bond acceptors (Lipinski definition) is 3. The molecule has 3 heteroatoms. The van der Waals surface area contributed by atoms with Gasteiger partial charge in [-0.05, 0) is 70.0 Å². The fourth-order valence-corrected chi connectivity index (χ4v) is 4.39. The topological polar surface area (TPSA) is 35.5 Å². The molecule has 5 aromatic rings. The van der Waals surface area contributed by atoms with Crippen LogP contribution in [0, 0.1) is 0 Å². The van der Waals surface area contributed by atoms with Crippen molar-refractivity contribution in [3.05, 3.63) is 96.4 Å². The van der Waals surface area contributed by atoms with Crippen molar-refractivity contribution in [1.82, 2.24) is 0 Å². The van der Waals surface area contributed by atoms with Gasteiger partial charge in [-0.3, -0.25) is 0 Å². The Bertz CT molecular complexity index is 1220. The normalized spacial score (nSPS) is 15.4. The largest absolute Gasteiger partial charge is 0.434 e. The van der Waals surface area contributed by atoms with E-state index in [1.165, 1.54) is 53.3 Å². The highest BCUT2D eigenvalue weighted by Gasteiger charge is 2.18. The first-order chi connectivity index (χ1) is 14.8. The zero-order chi connectivity index (χ0) is 20.3. The van der Waals surface area contributed by atoms with Gasteiger partial charge in [0, 0.05) is 12.1 Å². The second-order valence-electron chi connectivity index (χ2n) is 7.77. The molecule has 1 atom stereocenters. The smallest absolute Gasteiger partial charge is 0.292 e. The van der Waals surface area contributed by atoms with E-state index < -0.39 is 0 Å². The molecule has 0 fully saturated rings. The Kier molecular flexibility index (Phi) is 5.02. The summed E-state index contributed by atoms with van der Waals surface area (Å²) < 4.78 is 15.0. The Morgan fingerprint density at radius 2 is 1.47 bits per heavy atom. The fourth-order valence-electron chi connectivity index (χ4n) is 4.39. The molecule has 0 N–H and O–H groups in total. The molecular weight excluding hydrogens is 372 g/mol. The second-order valence-corrected chi connectivity index (χ2v) is 7.77. The van der Waals surface area contributed by atoms with Crippen LogP contribution in [0.4, 0.5) is 0 Å². The van der Waals surface area contributed by atoms with Gasteiger partial charge in [-0.15, -0.1) is 0 Å². The molecule has 1 unspecified atom stereocenters. The van der Waals surface area contributed by atoms with Crippen molar-refractivity contribution >= 4 is 21.5 Å². The first-order valence-electron chi connectivity index (χ1n) is 10.5. The average Bonchev–Trinajstić information content (AvgIpc) is 3.49. The highest BCUT2D eigenvalue weighted by atomic mass is 16.6. The van der Waals surface area contributed by atoms with Crippen molar-refractivity contribution in [3.63, 3.8) is 0 Å². The maximum absolute atomic E-state index is 5.12. The van der Waals surface area contributed by atoms with Crippen molar-refractivity contribution in [2.24, 2.45) is 0 Å². The third kappa shape index (κ3) is 3.59. The van der Waals surface area contributed by atoms with Gasteiger partial charge in [0.05, 0.1) is 12.5 Å². The van der Waals surface area contributed by atoms with E-state index in [0.717, 1.165) is 5.92 Å². The van der Waals surface area contributed by atoms with Crippen molar-refractivity contribution in [2.45, 2.75) is 32.1 Å². The van der Waals surface area contributed by atoms with E-state index in [1.807, 2.05) is 0 Å². The van der Waals surface area contributed by atoms with Gasteiger partial charge in [-0.25, -0.2) is 0 Å². The summed E-state index contributed by atoms with van der Waals surface area (Å²) in [7, 11) is 0. The average molecular weight is 396 g/mol. The van der Waals surface area contributed by atoms with Crippen LogP contribution in [0.1, 0.15) is 36.8 Å². The molecule has 0 bridgehead atoms. The summed E-state index contributed by atoms with van der Waals surface area (Å²) in [6.07, 6.45) is 7.00. The molecule has 1 aliphatic rings. The van der Waals surface area contributed by atoms with Crippen LogP contribution >= 0.6 is 0 Å². The van der Waals surface area contributed by atoms with Gasteiger partial charge in [0.25, 0.3) is 11.9 Å². The maximum atomic E-state index is 5.12. The highest BCUT2D eigenvalue weighted by molar-refractivity contribution is 6.08. The van der Waals surface area contributed by atoms with E-state index in [0.29, 0.717) is 11.9 Å². The molecule has 0 radical (unpaired) electrons. The number of benzene rings is 3. The van der Waals surface area contributed by atoms with Gasteiger partial charge < -0.3 is 13.6 Å². The van der Waals surface area contributed by atoms with Crippen molar-refractivity contribution in [3.8, 4) is 11.9 Å². The third-order valence-electron chi connectivity index (χ3n) is 5.86. The summed E-state index contributed by atoms with van der Waals surface area (Å²) >= 11 is 0. The summed E-state index contributed by atoms with van der Waals surface area (Å²) in [4.78, 5) is 0. The number of furan rings is 2. The SMILES string of the molecule is CC1CCCc2c1ccc1c2ccc2ccccc21.c1coc(Oc2ccco2)c1. The Morgan fingerprint density at radius 1 is 0.733 bits per heavy atom. The molecule has 0 saturated carbocycles. The van der Waals surface area contributed by atoms with Crippen LogP contribution in [0.15, 0.2) is 94.2 Å². The van der Waals surface area contributed by atoms with Gasteiger partial charge in [-0.2, -0.15) is 0 Å². The minimum atomic E-state index is 0.431.